The van der Waals surface area contributed by atoms with Gasteiger partial charge in [-0.1, -0.05) is 12.0 Å². The fraction of sp³-hybridized carbons (Fsp3) is 0.750. The second-order valence-corrected chi connectivity index (χ2v) is 2.40. The average molecular weight is 161 g/mol. The molecule has 6 heteroatoms. The molecular weight excluding hydrogens is 154 g/mol. The zero-order chi connectivity index (χ0) is 8.20. The predicted molar refractivity (Wildman–Crippen MR) is 38.8 cm³/mol. The second kappa shape index (κ2) is 3.34. The third-order valence-electron chi connectivity index (χ3n) is 1.05. The monoisotopic (exact) mass is 161 g/mol. The molecule has 0 fully saturated rings. The third kappa shape index (κ3) is 1.82. The van der Waals surface area contributed by atoms with Crippen LogP contribution in [0.2, 0.25) is 0 Å². The molecule has 0 aromatic rings. The van der Waals surface area contributed by atoms with Crippen molar-refractivity contribution >= 4 is 18.6 Å². The van der Waals surface area contributed by atoms with Crippen molar-refractivity contribution < 1.29 is 9.90 Å². The maximum absolute atomic E-state index is 10.3. The Bertz CT molecular complexity index is 185. The Morgan fingerprint density at radius 1 is 2.00 bits per heavy atom. The first-order valence-corrected chi connectivity index (χ1v) is 3.03. The smallest absolute Gasteiger partial charge is 0.325 e. The van der Waals surface area contributed by atoms with Crippen LogP contribution in [0.3, 0.4) is 0 Å². The Balaban J connectivity index is 4.54. The van der Waals surface area contributed by atoms with Gasteiger partial charge in [0.2, 0.25) is 0 Å². The Hall–Kier alpha value is -0.870. The molecule has 0 radical (unpaired) electrons. The number of hydrogen-bond acceptors (Lipinski definition) is 3. The van der Waals surface area contributed by atoms with Crippen LogP contribution in [0.25, 0.3) is 10.4 Å². The number of carbonyl (C=O) groups is 1. The standard InChI is InChI=1S/C4H7N3O2S/c1-2-4(10,3(8)9)6-7-5/h10H,2H2,1H3,(H,8,9). The van der Waals surface area contributed by atoms with Gasteiger partial charge >= 0.3 is 5.97 Å². The lowest BCUT2D eigenvalue weighted by atomic mass is 10.2. The van der Waals surface area contributed by atoms with E-state index in [0.29, 0.717) is 0 Å². The van der Waals surface area contributed by atoms with Gasteiger partial charge in [0.25, 0.3) is 0 Å². The van der Waals surface area contributed by atoms with Crippen molar-refractivity contribution in [3.8, 4) is 0 Å². The number of carboxylic acids is 1. The molecule has 0 aliphatic heterocycles. The van der Waals surface area contributed by atoms with Crippen molar-refractivity contribution in [3.05, 3.63) is 10.4 Å². The van der Waals surface area contributed by atoms with E-state index in [1.165, 1.54) is 0 Å². The lowest BCUT2D eigenvalue weighted by Crippen LogP contribution is -2.28. The zero-order valence-corrected chi connectivity index (χ0v) is 6.25. The number of rotatable bonds is 3. The van der Waals surface area contributed by atoms with E-state index in [1.54, 1.807) is 6.92 Å². The number of hydrogen-bond donors (Lipinski definition) is 2. The summed E-state index contributed by atoms with van der Waals surface area (Å²) in [5.41, 5.74) is 7.93. The molecular formula is C4H7N3O2S. The van der Waals surface area contributed by atoms with Gasteiger partial charge in [0.1, 0.15) is 0 Å². The predicted octanol–water partition coefficient (Wildman–Crippen LogP) is 1.42. The molecule has 5 nitrogen and oxygen atoms in total. The van der Waals surface area contributed by atoms with Gasteiger partial charge in [-0.2, -0.15) is 12.6 Å². The van der Waals surface area contributed by atoms with Gasteiger partial charge in [-0.25, -0.2) is 0 Å². The summed E-state index contributed by atoms with van der Waals surface area (Å²) in [6, 6.07) is 0. The highest BCUT2D eigenvalue weighted by molar-refractivity contribution is 7.82. The van der Waals surface area contributed by atoms with Gasteiger partial charge in [0.05, 0.1) is 0 Å². The molecule has 1 N–H and O–H groups in total. The zero-order valence-electron chi connectivity index (χ0n) is 5.35. The van der Waals surface area contributed by atoms with Gasteiger partial charge in [0.15, 0.2) is 4.87 Å². The van der Waals surface area contributed by atoms with Crippen molar-refractivity contribution in [1.29, 1.82) is 0 Å². The summed E-state index contributed by atoms with van der Waals surface area (Å²) in [4.78, 5) is 11.1. The van der Waals surface area contributed by atoms with Gasteiger partial charge in [0, 0.05) is 4.91 Å². The minimum atomic E-state index is -1.59. The number of carboxylic acid groups (broad SMARTS) is 1. The van der Waals surface area contributed by atoms with Crippen molar-refractivity contribution in [2.75, 3.05) is 0 Å². The molecule has 0 rings (SSSR count). The first kappa shape index (κ1) is 9.13. The van der Waals surface area contributed by atoms with Crippen LogP contribution in [-0.2, 0) is 4.79 Å². The molecule has 0 heterocycles. The highest BCUT2D eigenvalue weighted by Gasteiger charge is 2.30. The maximum atomic E-state index is 10.3. The lowest BCUT2D eigenvalue weighted by molar-refractivity contribution is -0.139. The van der Waals surface area contributed by atoms with E-state index < -0.39 is 10.8 Å². The largest absolute Gasteiger partial charge is 0.480 e. The Morgan fingerprint density at radius 3 is 2.60 bits per heavy atom. The van der Waals surface area contributed by atoms with Gasteiger partial charge in [-0.15, -0.1) is 0 Å². The first-order valence-electron chi connectivity index (χ1n) is 2.59. The lowest BCUT2D eigenvalue weighted by Gasteiger charge is -2.13. The summed E-state index contributed by atoms with van der Waals surface area (Å²) < 4.78 is 0. The molecule has 1 unspecified atom stereocenters. The van der Waals surface area contributed by atoms with Crippen LogP contribution in [0.4, 0.5) is 0 Å². The van der Waals surface area contributed by atoms with Crippen LogP contribution in [-0.4, -0.2) is 15.9 Å². The van der Waals surface area contributed by atoms with Crippen molar-refractivity contribution in [3.63, 3.8) is 0 Å². The number of nitrogens with zero attached hydrogens (tertiary/aromatic N) is 3. The summed E-state index contributed by atoms with van der Waals surface area (Å²) in [7, 11) is 0. The summed E-state index contributed by atoms with van der Waals surface area (Å²) in [5.74, 6) is -1.23. The van der Waals surface area contributed by atoms with E-state index in [0.717, 1.165) is 0 Å². The van der Waals surface area contributed by atoms with Gasteiger partial charge in [-0.05, 0) is 12.0 Å². The SMILES string of the molecule is CCC(S)(N=[N+]=[N-])C(=O)O. The van der Waals surface area contributed by atoms with Crippen LogP contribution in [0.15, 0.2) is 5.11 Å². The highest BCUT2D eigenvalue weighted by atomic mass is 32.1. The average Bonchev–Trinajstić information content (AvgIpc) is 1.88. The summed E-state index contributed by atoms with van der Waals surface area (Å²) in [5, 5.41) is 11.4. The van der Waals surface area contributed by atoms with Crippen LogP contribution < -0.4 is 0 Å². The molecule has 0 spiro atoms. The van der Waals surface area contributed by atoms with Gasteiger partial charge in [-0.3, -0.25) is 4.79 Å². The van der Waals surface area contributed by atoms with E-state index in [2.05, 4.69) is 22.7 Å². The van der Waals surface area contributed by atoms with E-state index in [9.17, 15) is 4.79 Å². The van der Waals surface area contributed by atoms with Crippen LogP contribution in [0.5, 0.6) is 0 Å². The fourth-order valence-electron chi connectivity index (χ4n) is 0.339. The minimum Gasteiger partial charge on any atom is -0.480 e. The Kier molecular flexibility index (Phi) is 3.05. The van der Waals surface area contributed by atoms with Crippen LogP contribution in [0.1, 0.15) is 13.3 Å². The molecule has 10 heavy (non-hydrogen) atoms. The molecule has 0 aromatic carbocycles. The number of thiol groups is 1. The van der Waals surface area contributed by atoms with E-state index in [-0.39, 0.29) is 6.42 Å². The normalized spacial score (nSPS) is 15.0. The number of aliphatic carboxylic acids is 1. The minimum absolute atomic E-state index is 0.162. The van der Waals surface area contributed by atoms with E-state index in [4.69, 9.17) is 10.6 Å². The van der Waals surface area contributed by atoms with Crippen LogP contribution >= 0.6 is 12.6 Å². The Morgan fingerprint density at radius 2 is 2.50 bits per heavy atom. The molecule has 0 amide bonds. The third-order valence-corrected chi connectivity index (χ3v) is 1.64. The molecule has 56 valence electrons. The summed E-state index contributed by atoms with van der Waals surface area (Å²) in [6.45, 7) is 1.58. The Labute approximate surface area is 63.1 Å². The fourth-order valence-corrected chi connectivity index (χ4v) is 0.379. The van der Waals surface area contributed by atoms with Crippen molar-refractivity contribution in [2.24, 2.45) is 5.11 Å². The summed E-state index contributed by atoms with van der Waals surface area (Å²) in [6.07, 6.45) is 0.162. The first-order chi connectivity index (χ1) is 4.56. The number of azide groups is 1. The highest BCUT2D eigenvalue weighted by Crippen LogP contribution is 2.20. The molecule has 0 aromatic heterocycles. The van der Waals surface area contributed by atoms with Crippen LogP contribution in [0, 0.1) is 0 Å². The van der Waals surface area contributed by atoms with Crippen molar-refractivity contribution in [2.45, 2.75) is 18.2 Å². The second-order valence-electron chi connectivity index (χ2n) is 1.66. The molecule has 0 aliphatic carbocycles. The van der Waals surface area contributed by atoms with E-state index in [1.807, 2.05) is 0 Å². The van der Waals surface area contributed by atoms with E-state index >= 15 is 0 Å². The van der Waals surface area contributed by atoms with Crippen molar-refractivity contribution in [1.82, 2.24) is 0 Å². The summed E-state index contributed by atoms with van der Waals surface area (Å²) >= 11 is 3.67. The topological polar surface area (TPSA) is 86.1 Å². The molecule has 0 bridgehead atoms. The maximum Gasteiger partial charge on any atom is 0.325 e. The van der Waals surface area contributed by atoms with Gasteiger partial charge < -0.3 is 5.11 Å². The molecule has 1 atom stereocenters. The molecule has 0 saturated heterocycles. The molecule has 0 aliphatic rings. The quantitative estimate of drug-likeness (QED) is 0.284. The molecule has 0 saturated carbocycles.